The van der Waals surface area contributed by atoms with E-state index in [1.165, 1.54) is 12.1 Å². The van der Waals surface area contributed by atoms with Crippen molar-refractivity contribution < 1.29 is 9.18 Å². The van der Waals surface area contributed by atoms with Crippen molar-refractivity contribution in [3.63, 3.8) is 0 Å². The Bertz CT molecular complexity index is 375. The normalized spacial score (nSPS) is 9.46. The van der Waals surface area contributed by atoms with Gasteiger partial charge in [0.25, 0.3) is 0 Å². The highest BCUT2D eigenvalue weighted by Crippen LogP contribution is 2.24. The quantitative estimate of drug-likeness (QED) is 0.428. The van der Waals surface area contributed by atoms with Gasteiger partial charge in [0, 0.05) is 5.02 Å². The summed E-state index contributed by atoms with van der Waals surface area (Å²) < 4.78 is 12.9. The van der Waals surface area contributed by atoms with Crippen LogP contribution < -0.4 is 0 Å². The van der Waals surface area contributed by atoms with Gasteiger partial charge in [0.05, 0.1) is 11.6 Å². The average Bonchev–Trinajstić information content (AvgIpc) is 2.09. The van der Waals surface area contributed by atoms with E-state index >= 15 is 0 Å². The predicted molar refractivity (Wildman–Crippen MR) is 48.2 cm³/mol. The van der Waals surface area contributed by atoms with Gasteiger partial charge in [0.2, 0.25) is 6.08 Å². The van der Waals surface area contributed by atoms with Gasteiger partial charge < -0.3 is 0 Å². The van der Waals surface area contributed by atoms with Crippen LogP contribution in [0.25, 0.3) is 0 Å². The van der Waals surface area contributed by atoms with Gasteiger partial charge in [-0.2, -0.15) is 0 Å². The van der Waals surface area contributed by atoms with E-state index in [0.717, 1.165) is 6.07 Å². The Labute approximate surface area is 84.0 Å². The third-order valence-corrected chi connectivity index (χ3v) is 2.02. The van der Waals surface area contributed by atoms with Gasteiger partial charge in [-0.05, 0) is 17.7 Å². The number of rotatable bonds is 2. The molecule has 2 nitrogen and oxygen atoms in total. The molecule has 0 fully saturated rings. The Hall–Kier alpha value is -0.890. The molecule has 0 amide bonds. The number of hydrogen-bond donors (Lipinski definition) is 0. The molecule has 0 radical (unpaired) electrons. The first-order valence-corrected chi connectivity index (χ1v) is 4.08. The molecule has 0 aliphatic carbocycles. The van der Waals surface area contributed by atoms with Crippen molar-refractivity contribution in [2.75, 3.05) is 0 Å². The molecule has 5 heteroatoms. The Morgan fingerprint density at radius 3 is 2.77 bits per heavy atom. The molecule has 68 valence electrons. The molecule has 0 spiro atoms. The minimum Gasteiger partial charge on any atom is -0.211 e. The number of carbonyl (C=O) groups excluding carboxylic acids is 1. The Kier molecular flexibility index (Phi) is 3.43. The maximum Gasteiger partial charge on any atom is 0.235 e. The topological polar surface area (TPSA) is 29.4 Å². The lowest BCUT2D eigenvalue weighted by Gasteiger charge is -2.01. The van der Waals surface area contributed by atoms with Gasteiger partial charge in [-0.15, -0.1) is 0 Å². The number of isocyanates is 1. The number of nitrogens with zero attached hydrogens (tertiary/aromatic N) is 1. The smallest absolute Gasteiger partial charge is 0.211 e. The Balaban J connectivity index is 3.12. The molecular formula is C8H4Cl2FNO. The molecule has 0 aliphatic rings. The van der Waals surface area contributed by atoms with Crippen molar-refractivity contribution in [3.05, 3.63) is 33.6 Å². The number of benzene rings is 1. The van der Waals surface area contributed by atoms with Crippen LogP contribution in [-0.2, 0) is 11.3 Å². The first-order valence-electron chi connectivity index (χ1n) is 3.32. The fraction of sp³-hybridized carbons (Fsp3) is 0.125. The molecule has 0 unspecified atom stereocenters. The van der Waals surface area contributed by atoms with Crippen LogP contribution in [0.15, 0.2) is 17.1 Å². The summed E-state index contributed by atoms with van der Waals surface area (Å²) in [5.41, 5.74) is 0.370. The average molecular weight is 220 g/mol. The van der Waals surface area contributed by atoms with Gasteiger partial charge >= 0.3 is 0 Å². The standard InChI is InChI=1S/C8H4Cl2FNO/c9-6-1-5(3-12-4-13)8(10)7(11)2-6/h1-2H,3H2. The Morgan fingerprint density at radius 2 is 2.15 bits per heavy atom. The molecule has 0 saturated heterocycles. The second-order valence-electron chi connectivity index (χ2n) is 2.27. The second kappa shape index (κ2) is 4.38. The third kappa shape index (κ3) is 2.52. The summed E-state index contributed by atoms with van der Waals surface area (Å²) in [6.45, 7) is -0.0141. The van der Waals surface area contributed by atoms with Crippen LogP contribution in [0.3, 0.4) is 0 Å². The summed E-state index contributed by atoms with van der Waals surface area (Å²) in [4.78, 5) is 13.1. The highest BCUT2D eigenvalue weighted by molar-refractivity contribution is 6.33. The lowest BCUT2D eigenvalue weighted by Crippen LogP contribution is -1.87. The molecule has 0 aliphatic heterocycles. The summed E-state index contributed by atoms with van der Waals surface area (Å²) >= 11 is 11.1. The number of hydrogen-bond acceptors (Lipinski definition) is 2. The van der Waals surface area contributed by atoms with Gasteiger partial charge in [-0.3, -0.25) is 0 Å². The minimum absolute atomic E-state index is 0.0141. The van der Waals surface area contributed by atoms with E-state index < -0.39 is 5.82 Å². The zero-order valence-electron chi connectivity index (χ0n) is 6.35. The maximum atomic E-state index is 12.9. The summed E-state index contributed by atoms with van der Waals surface area (Å²) in [5.74, 6) is -0.620. The van der Waals surface area contributed by atoms with Crippen molar-refractivity contribution in [2.24, 2.45) is 4.99 Å². The summed E-state index contributed by atoms with van der Waals surface area (Å²) in [6.07, 6.45) is 1.33. The first-order chi connectivity index (χ1) is 6.15. The molecule has 0 heterocycles. The van der Waals surface area contributed by atoms with Crippen molar-refractivity contribution in [3.8, 4) is 0 Å². The van der Waals surface area contributed by atoms with Crippen LogP contribution in [0.2, 0.25) is 10.0 Å². The molecule has 1 rings (SSSR count). The van der Waals surface area contributed by atoms with E-state index in [4.69, 9.17) is 23.2 Å². The zero-order chi connectivity index (χ0) is 9.84. The lowest BCUT2D eigenvalue weighted by atomic mass is 10.2. The largest absolute Gasteiger partial charge is 0.235 e. The Morgan fingerprint density at radius 1 is 1.46 bits per heavy atom. The fourth-order valence-electron chi connectivity index (χ4n) is 0.842. The van der Waals surface area contributed by atoms with Gasteiger partial charge in [0.15, 0.2) is 0 Å². The maximum absolute atomic E-state index is 12.9. The second-order valence-corrected chi connectivity index (χ2v) is 3.08. The SMILES string of the molecule is O=C=NCc1cc(Cl)cc(F)c1Cl. The van der Waals surface area contributed by atoms with E-state index in [1.807, 2.05) is 0 Å². The van der Waals surface area contributed by atoms with Crippen molar-refractivity contribution in [1.29, 1.82) is 0 Å². The van der Waals surface area contributed by atoms with E-state index in [2.05, 4.69) is 4.99 Å². The molecule has 0 saturated carbocycles. The molecule has 13 heavy (non-hydrogen) atoms. The number of halogens is 3. The molecule has 0 aromatic heterocycles. The zero-order valence-corrected chi connectivity index (χ0v) is 7.86. The third-order valence-electron chi connectivity index (χ3n) is 1.38. The molecule has 1 aromatic carbocycles. The monoisotopic (exact) mass is 219 g/mol. The van der Waals surface area contributed by atoms with Gasteiger partial charge in [0.1, 0.15) is 5.82 Å². The minimum atomic E-state index is -0.620. The molecule has 1 aromatic rings. The highest BCUT2D eigenvalue weighted by Gasteiger charge is 2.07. The highest BCUT2D eigenvalue weighted by atomic mass is 35.5. The van der Waals surface area contributed by atoms with Crippen LogP contribution in [0.1, 0.15) is 5.56 Å². The first kappa shape index (κ1) is 10.2. The van der Waals surface area contributed by atoms with Crippen molar-refractivity contribution in [2.45, 2.75) is 6.54 Å². The van der Waals surface area contributed by atoms with Crippen LogP contribution in [-0.4, -0.2) is 6.08 Å². The van der Waals surface area contributed by atoms with E-state index in [-0.39, 0.29) is 16.6 Å². The van der Waals surface area contributed by atoms with Crippen molar-refractivity contribution >= 4 is 29.3 Å². The fourth-order valence-corrected chi connectivity index (χ4v) is 1.24. The van der Waals surface area contributed by atoms with E-state index in [0.29, 0.717) is 5.56 Å². The summed E-state index contributed by atoms with van der Waals surface area (Å²) in [6, 6.07) is 2.55. The van der Waals surface area contributed by atoms with Crippen LogP contribution in [0.5, 0.6) is 0 Å². The van der Waals surface area contributed by atoms with E-state index in [9.17, 15) is 9.18 Å². The van der Waals surface area contributed by atoms with Crippen LogP contribution in [0.4, 0.5) is 4.39 Å². The summed E-state index contributed by atoms with van der Waals surface area (Å²) in [7, 11) is 0. The van der Waals surface area contributed by atoms with Gasteiger partial charge in [-0.1, -0.05) is 23.2 Å². The van der Waals surface area contributed by atoms with Crippen LogP contribution in [0, 0.1) is 5.82 Å². The molecular weight excluding hydrogens is 216 g/mol. The molecule has 0 N–H and O–H groups in total. The van der Waals surface area contributed by atoms with Crippen LogP contribution >= 0.6 is 23.2 Å². The van der Waals surface area contributed by atoms with Crippen molar-refractivity contribution in [1.82, 2.24) is 0 Å². The van der Waals surface area contributed by atoms with Gasteiger partial charge in [-0.25, -0.2) is 14.2 Å². The summed E-state index contributed by atoms with van der Waals surface area (Å²) in [5, 5.41) is 0.154. The molecule has 0 bridgehead atoms. The molecule has 0 atom stereocenters. The van der Waals surface area contributed by atoms with E-state index in [1.54, 1.807) is 0 Å². The lowest BCUT2D eigenvalue weighted by molar-refractivity contribution is 0.562. The number of aliphatic imine (C=N–C) groups is 1. The predicted octanol–water partition coefficient (Wildman–Crippen LogP) is 2.97.